The molecule has 1 heterocycles. The quantitative estimate of drug-likeness (QED) is 0.0944. The van der Waals surface area contributed by atoms with Crippen LogP contribution < -0.4 is 4.74 Å². The van der Waals surface area contributed by atoms with Crippen LogP contribution in [-0.4, -0.2) is 153 Å². The summed E-state index contributed by atoms with van der Waals surface area (Å²) in [7, 11) is 0. The van der Waals surface area contributed by atoms with E-state index < -0.39 is 40.8 Å². The number of rotatable bonds is 13. The predicted octanol–water partition coefficient (Wildman–Crippen LogP) is -0.791. The molecule has 1 saturated heterocycles. The van der Waals surface area contributed by atoms with Gasteiger partial charge in [-0.25, -0.2) is 0 Å². The molecule has 4 N–H and O–H groups in total. The van der Waals surface area contributed by atoms with Crippen molar-refractivity contribution in [3.8, 4) is 5.75 Å². The molecular formula is C25H35N5O12. The Balaban J connectivity index is 2.18. The first-order valence-electron chi connectivity index (χ1n) is 13.1. The fourth-order valence-corrected chi connectivity index (χ4v) is 4.45. The number of carbonyl (C=O) groups excluding carboxylic acids is 1. The number of nitro groups is 1. The number of ether oxygens (including phenoxy) is 1. The highest BCUT2D eigenvalue weighted by molar-refractivity contribution is 5.76. The Morgan fingerprint density at radius 3 is 1.50 bits per heavy atom. The Labute approximate surface area is 240 Å². The van der Waals surface area contributed by atoms with Crippen LogP contribution in [0.25, 0.3) is 0 Å². The number of nitrogens with zero attached hydrogens (tertiary/aromatic N) is 5. The molecule has 1 aromatic carbocycles. The summed E-state index contributed by atoms with van der Waals surface area (Å²) in [5, 5.41) is 48.8. The van der Waals surface area contributed by atoms with E-state index in [4.69, 9.17) is 4.74 Å². The number of hydrogen-bond acceptors (Lipinski definition) is 12. The molecule has 1 fully saturated rings. The molecule has 232 valence electrons. The fraction of sp³-hybridized carbons (Fsp3) is 0.560. The van der Waals surface area contributed by atoms with Gasteiger partial charge < -0.3 is 25.2 Å². The summed E-state index contributed by atoms with van der Waals surface area (Å²) in [5.41, 5.74) is -0.195. The van der Waals surface area contributed by atoms with Gasteiger partial charge in [0.15, 0.2) is 0 Å². The number of benzene rings is 1. The summed E-state index contributed by atoms with van der Waals surface area (Å²) >= 11 is 0. The smallest absolute Gasteiger partial charge is 0.320 e. The molecule has 0 saturated carbocycles. The van der Waals surface area contributed by atoms with Gasteiger partial charge in [0.2, 0.25) is 0 Å². The molecule has 0 amide bonds. The fourth-order valence-electron chi connectivity index (χ4n) is 4.45. The van der Waals surface area contributed by atoms with Gasteiger partial charge in [0.1, 0.15) is 11.8 Å². The van der Waals surface area contributed by atoms with Crippen LogP contribution in [0.4, 0.5) is 5.69 Å². The average Bonchev–Trinajstić information content (AvgIpc) is 2.89. The Hall–Kier alpha value is -4.19. The zero-order chi connectivity index (χ0) is 31.2. The molecule has 1 aromatic rings. The largest absolute Gasteiger partial charge is 0.480 e. The first-order chi connectivity index (χ1) is 19.8. The highest BCUT2D eigenvalue weighted by atomic mass is 16.6. The van der Waals surface area contributed by atoms with E-state index in [9.17, 15) is 54.5 Å². The highest BCUT2D eigenvalue weighted by Crippen LogP contribution is 2.18. The molecule has 17 nitrogen and oxygen atoms in total. The predicted molar refractivity (Wildman–Crippen MR) is 143 cm³/mol. The molecule has 2 rings (SSSR count). The number of carboxylic acid groups (broad SMARTS) is 4. The second-order valence-corrected chi connectivity index (χ2v) is 9.66. The summed E-state index contributed by atoms with van der Waals surface area (Å²) in [6.45, 7) is 0.0602. The number of nitro benzene ring substituents is 1. The molecule has 42 heavy (non-hydrogen) atoms. The van der Waals surface area contributed by atoms with Gasteiger partial charge in [0, 0.05) is 70.9 Å². The van der Waals surface area contributed by atoms with Crippen molar-refractivity contribution < 1.29 is 54.1 Å². The van der Waals surface area contributed by atoms with Crippen molar-refractivity contribution in [2.45, 2.75) is 18.9 Å². The van der Waals surface area contributed by atoms with E-state index in [0.29, 0.717) is 0 Å². The summed E-state index contributed by atoms with van der Waals surface area (Å²) in [6, 6.07) is 3.61. The third-order valence-corrected chi connectivity index (χ3v) is 6.58. The van der Waals surface area contributed by atoms with E-state index in [-0.39, 0.29) is 96.3 Å². The van der Waals surface area contributed by atoms with Crippen molar-refractivity contribution in [3.05, 3.63) is 34.4 Å². The van der Waals surface area contributed by atoms with E-state index in [1.54, 1.807) is 19.6 Å². The van der Waals surface area contributed by atoms with Crippen LogP contribution in [0.15, 0.2) is 24.3 Å². The normalized spacial score (nSPS) is 17.3. The van der Waals surface area contributed by atoms with Crippen LogP contribution in [0.5, 0.6) is 5.75 Å². The third-order valence-electron chi connectivity index (χ3n) is 6.58. The summed E-state index contributed by atoms with van der Waals surface area (Å²) < 4.78 is 5.17. The number of non-ortho nitro benzene ring substituents is 1. The number of aliphatic carboxylic acids is 4. The molecule has 1 aliphatic rings. The minimum atomic E-state index is -1.24. The lowest BCUT2D eigenvalue weighted by atomic mass is 10.1. The molecule has 1 unspecified atom stereocenters. The van der Waals surface area contributed by atoms with Gasteiger partial charge in [-0.3, -0.25) is 53.7 Å². The van der Waals surface area contributed by atoms with Gasteiger partial charge in [0.25, 0.3) is 5.69 Å². The zero-order valence-electron chi connectivity index (χ0n) is 22.9. The van der Waals surface area contributed by atoms with Gasteiger partial charge in [-0.1, -0.05) is 0 Å². The van der Waals surface area contributed by atoms with Crippen LogP contribution >= 0.6 is 0 Å². The number of carbonyl (C=O) groups is 5. The van der Waals surface area contributed by atoms with Crippen LogP contribution in [0.2, 0.25) is 0 Å². The molecular weight excluding hydrogens is 562 g/mol. The van der Waals surface area contributed by atoms with Crippen molar-refractivity contribution in [3.63, 3.8) is 0 Å². The summed E-state index contributed by atoms with van der Waals surface area (Å²) in [6.07, 6.45) is -0.488. The average molecular weight is 598 g/mol. The summed E-state index contributed by atoms with van der Waals surface area (Å²) in [5.74, 6) is -5.27. The third kappa shape index (κ3) is 12.5. The molecule has 0 aliphatic carbocycles. The first-order valence-corrected chi connectivity index (χ1v) is 13.1. The van der Waals surface area contributed by atoms with E-state index in [1.807, 2.05) is 0 Å². The van der Waals surface area contributed by atoms with E-state index in [2.05, 4.69) is 0 Å². The van der Waals surface area contributed by atoms with Gasteiger partial charge in [-0.15, -0.1) is 0 Å². The standard InChI is InChI=1S/C25H35N5O12/c31-21(32)15-26-7-9-27(16-22(33)34)11-13-29(14-12-28(10-8-26)17-23(35)36)20(25(38)39)5-6-24(37)42-19-3-1-18(2-4-19)30(40)41/h1-4,20H,5-17H2,(H,31,32)(H,33,34)(H,35,36)(H,38,39). The molecule has 0 spiro atoms. The Morgan fingerprint density at radius 2 is 1.14 bits per heavy atom. The van der Waals surface area contributed by atoms with E-state index in [1.165, 1.54) is 12.1 Å². The molecule has 0 aromatic heterocycles. The van der Waals surface area contributed by atoms with Crippen molar-refractivity contribution in [2.75, 3.05) is 72.0 Å². The molecule has 0 bridgehead atoms. The van der Waals surface area contributed by atoms with Crippen LogP contribution in [0, 0.1) is 10.1 Å². The van der Waals surface area contributed by atoms with E-state index in [0.717, 1.165) is 12.1 Å². The van der Waals surface area contributed by atoms with Crippen LogP contribution in [0.1, 0.15) is 12.8 Å². The van der Waals surface area contributed by atoms with Crippen molar-refractivity contribution >= 4 is 35.5 Å². The van der Waals surface area contributed by atoms with Gasteiger partial charge in [0.05, 0.1) is 24.6 Å². The SMILES string of the molecule is O=C(O)CN1CCN(CC(=O)O)CCN(C(CCC(=O)Oc2ccc([N+](=O)[O-])cc2)C(=O)O)CCN(CC(=O)O)CC1. The minimum Gasteiger partial charge on any atom is -0.480 e. The topological polar surface area (TPSA) is 232 Å². The second kappa shape index (κ2) is 16.9. The lowest BCUT2D eigenvalue weighted by Gasteiger charge is -2.35. The zero-order valence-corrected chi connectivity index (χ0v) is 22.9. The lowest BCUT2D eigenvalue weighted by Crippen LogP contribution is -2.52. The number of esters is 1. The van der Waals surface area contributed by atoms with Gasteiger partial charge in [-0.2, -0.15) is 0 Å². The first kappa shape index (κ1) is 34.0. The van der Waals surface area contributed by atoms with Crippen molar-refractivity contribution in [2.24, 2.45) is 0 Å². The number of carboxylic acids is 4. The highest BCUT2D eigenvalue weighted by Gasteiger charge is 2.29. The monoisotopic (exact) mass is 597 g/mol. The molecule has 1 atom stereocenters. The number of hydrogen-bond donors (Lipinski definition) is 4. The van der Waals surface area contributed by atoms with Gasteiger partial charge >= 0.3 is 29.8 Å². The Morgan fingerprint density at radius 1 is 0.738 bits per heavy atom. The Bertz CT molecular complexity index is 1080. The van der Waals surface area contributed by atoms with Crippen molar-refractivity contribution in [1.82, 2.24) is 19.6 Å². The summed E-state index contributed by atoms with van der Waals surface area (Å²) in [4.78, 5) is 75.4. The molecule has 17 heteroatoms. The van der Waals surface area contributed by atoms with Crippen LogP contribution in [0.3, 0.4) is 0 Å². The Kier molecular flexibility index (Phi) is 13.7. The second-order valence-electron chi connectivity index (χ2n) is 9.66. The lowest BCUT2D eigenvalue weighted by molar-refractivity contribution is -0.384. The maximum atomic E-state index is 12.4. The minimum absolute atomic E-state index is 0.0503. The molecule has 1 aliphatic heterocycles. The molecule has 0 radical (unpaired) electrons. The van der Waals surface area contributed by atoms with Crippen molar-refractivity contribution in [1.29, 1.82) is 0 Å². The van der Waals surface area contributed by atoms with Gasteiger partial charge in [-0.05, 0) is 18.6 Å². The van der Waals surface area contributed by atoms with Crippen LogP contribution in [-0.2, 0) is 24.0 Å². The van der Waals surface area contributed by atoms with E-state index >= 15 is 0 Å². The maximum Gasteiger partial charge on any atom is 0.320 e. The maximum absolute atomic E-state index is 12.4.